The quantitative estimate of drug-likeness (QED) is 0.686. The number of rotatable bonds is 3. The fourth-order valence-corrected chi connectivity index (χ4v) is 2.55. The molecule has 0 radical (unpaired) electrons. The van der Waals surface area contributed by atoms with E-state index in [0.717, 1.165) is 29.8 Å². The number of carbonyl (C=O) groups is 1. The largest absolute Gasteiger partial charge is 0.433 e. The average molecular weight is 396 g/mol. The number of benzene rings is 1. The van der Waals surface area contributed by atoms with Gasteiger partial charge in [-0.3, -0.25) is 18.7 Å². The third-order valence-electron chi connectivity index (χ3n) is 3.91. The molecule has 0 unspecified atom stereocenters. The van der Waals surface area contributed by atoms with E-state index in [1.807, 2.05) is 0 Å². The first-order valence-corrected chi connectivity index (χ1v) is 7.81. The van der Waals surface area contributed by atoms with Crippen molar-refractivity contribution in [3.8, 4) is 0 Å². The summed E-state index contributed by atoms with van der Waals surface area (Å²) in [6.45, 7) is -0.681. The van der Waals surface area contributed by atoms with E-state index in [-0.39, 0.29) is 11.1 Å². The van der Waals surface area contributed by atoms with Crippen LogP contribution < -0.4 is 16.6 Å². The fourth-order valence-electron chi connectivity index (χ4n) is 2.55. The van der Waals surface area contributed by atoms with Gasteiger partial charge in [0.25, 0.3) is 5.56 Å². The van der Waals surface area contributed by atoms with E-state index in [2.05, 4.69) is 10.3 Å². The molecule has 2 heterocycles. The van der Waals surface area contributed by atoms with Crippen molar-refractivity contribution in [1.29, 1.82) is 0 Å². The summed E-state index contributed by atoms with van der Waals surface area (Å²) < 4.78 is 52.7. The van der Waals surface area contributed by atoms with Crippen molar-refractivity contribution in [2.45, 2.75) is 12.7 Å². The van der Waals surface area contributed by atoms with E-state index < -0.39 is 47.0 Å². The van der Waals surface area contributed by atoms with Gasteiger partial charge >= 0.3 is 11.9 Å². The molecule has 0 bridgehead atoms. The van der Waals surface area contributed by atoms with Crippen LogP contribution in [-0.2, 0) is 24.6 Å². The molecule has 28 heavy (non-hydrogen) atoms. The minimum absolute atomic E-state index is 0.244. The Kier molecular flexibility index (Phi) is 4.75. The number of carbonyl (C=O) groups excluding carboxylic acids is 1. The Hall–Kier alpha value is -3.50. The lowest BCUT2D eigenvalue weighted by Gasteiger charge is -2.12. The molecule has 1 N–H and O–H groups in total. The molecule has 1 amide bonds. The Morgan fingerprint density at radius 3 is 2.36 bits per heavy atom. The summed E-state index contributed by atoms with van der Waals surface area (Å²) in [5, 5.41) is 2.15. The molecule has 3 rings (SSSR count). The van der Waals surface area contributed by atoms with Crippen molar-refractivity contribution in [2.75, 3.05) is 5.32 Å². The van der Waals surface area contributed by atoms with E-state index in [9.17, 15) is 31.9 Å². The molecule has 2 aromatic heterocycles. The number of pyridine rings is 1. The van der Waals surface area contributed by atoms with E-state index in [4.69, 9.17) is 0 Å². The van der Waals surface area contributed by atoms with Gasteiger partial charge in [0.1, 0.15) is 23.7 Å². The Labute approximate surface area is 153 Å². The maximum atomic E-state index is 12.9. The Morgan fingerprint density at radius 2 is 1.75 bits per heavy atom. The minimum atomic E-state index is -4.74. The first-order chi connectivity index (χ1) is 13.1. The molecule has 7 nitrogen and oxygen atoms in total. The van der Waals surface area contributed by atoms with Gasteiger partial charge in [0.05, 0.1) is 5.39 Å². The number of amides is 1. The summed E-state index contributed by atoms with van der Waals surface area (Å²) >= 11 is 0. The third kappa shape index (κ3) is 3.63. The van der Waals surface area contributed by atoms with Crippen LogP contribution in [0, 0.1) is 5.82 Å². The van der Waals surface area contributed by atoms with Crippen LogP contribution in [-0.4, -0.2) is 20.0 Å². The molecule has 3 aromatic rings. The van der Waals surface area contributed by atoms with Gasteiger partial charge < -0.3 is 5.32 Å². The number of nitrogens with one attached hydrogen (secondary N) is 1. The zero-order chi connectivity index (χ0) is 20.6. The third-order valence-corrected chi connectivity index (χ3v) is 3.91. The van der Waals surface area contributed by atoms with Gasteiger partial charge in [0.15, 0.2) is 0 Å². The summed E-state index contributed by atoms with van der Waals surface area (Å²) in [4.78, 5) is 40.3. The van der Waals surface area contributed by atoms with Crippen LogP contribution in [0.25, 0.3) is 11.0 Å². The summed E-state index contributed by atoms with van der Waals surface area (Å²) in [5.41, 5.74) is -3.40. The van der Waals surface area contributed by atoms with Crippen LogP contribution in [0.15, 0.2) is 46.0 Å². The molecule has 0 saturated carbocycles. The highest BCUT2D eigenvalue weighted by atomic mass is 19.4. The number of alkyl halides is 3. The van der Waals surface area contributed by atoms with E-state index in [1.165, 1.54) is 12.1 Å². The van der Waals surface area contributed by atoms with Gasteiger partial charge in [-0.1, -0.05) is 0 Å². The predicted molar refractivity (Wildman–Crippen MR) is 91.3 cm³/mol. The molecule has 0 aliphatic carbocycles. The Balaban J connectivity index is 2.00. The fraction of sp³-hybridized carbons (Fsp3) is 0.176. The van der Waals surface area contributed by atoms with E-state index >= 15 is 0 Å². The van der Waals surface area contributed by atoms with Crippen molar-refractivity contribution < 1.29 is 22.4 Å². The zero-order valence-electron chi connectivity index (χ0n) is 14.2. The standard InChI is InChI=1S/C17H12F4N4O3/c1-24-14-11(6-7-12(23-14)17(19,20)21)15(27)25(16(24)28)8-13(26)22-10-4-2-9(18)3-5-10/h2-7H,8H2,1H3,(H,22,26). The van der Waals surface area contributed by atoms with Crippen molar-refractivity contribution in [3.63, 3.8) is 0 Å². The van der Waals surface area contributed by atoms with Gasteiger partial charge in [0, 0.05) is 12.7 Å². The van der Waals surface area contributed by atoms with E-state index in [0.29, 0.717) is 10.6 Å². The lowest BCUT2D eigenvalue weighted by atomic mass is 10.2. The zero-order valence-corrected chi connectivity index (χ0v) is 14.2. The van der Waals surface area contributed by atoms with Crippen LogP contribution in [0.4, 0.5) is 23.2 Å². The molecule has 0 fully saturated rings. The second-order valence-electron chi connectivity index (χ2n) is 5.85. The molecule has 1 aromatic carbocycles. The Morgan fingerprint density at radius 1 is 1.11 bits per heavy atom. The molecule has 0 atom stereocenters. The molecule has 146 valence electrons. The van der Waals surface area contributed by atoms with Gasteiger partial charge in [-0.2, -0.15) is 13.2 Å². The molecule has 0 saturated heterocycles. The lowest BCUT2D eigenvalue weighted by Crippen LogP contribution is -2.42. The number of halogens is 4. The number of hydrogen-bond donors (Lipinski definition) is 1. The number of anilines is 1. The summed E-state index contributed by atoms with van der Waals surface area (Å²) in [5.74, 6) is -1.26. The van der Waals surface area contributed by atoms with Crippen LogP contribution >= 0.6 is 0 Å². The maximum Gasteiger partial charge on any atom is 0.433 e. The lowest BCUT2D eigenvalue weighted by molar-refractivity contribution is -0.141. The summed E-state index contributed by atoms with van der Waals surface area (Å²) in [6, 6.07) is 6.33. The van der Waals surface area contributed by atoms with Gasteiger partial charge in [0.2, 0.25) is 5.91 Å². The average Bonchev–Trinajstić information content (AvgIpc) is 2.64. The molecule has 0 aliphatic heterocycles. The number of aryl methyl sites for hydroxylation is 1. The topological polar surface area (TPSA) is 86.0 Å². The number of fused-ring (bicyclic) bond motifs is 1. The van der Waals surface area contributed by atoms with Gasteiger partial charge in [-0.25, -0.2) is 14.2 Å². The van der Waals surface area contributed by atoms with Crippen LogP contribution in [0.1, 0.15) is 5.69 Å². The number of hydrogen-bond acceptors (Lipinski definition) is 4. The molecule has 0 spiro atoms. The first-order valence-electron chi connectivity index (χ1n) is 7.81. The van der Waals surface area contributed by atoms with Gasteiger partial charge in [-0.05, 0) is 36.4 Å². The molecular formula is C17H12F4N4O3. The van der Waals surface area contributed by atoms with Crippen LogP contribution in [0.3, 0.4) is 0 Å². The van der Waals surface area contributed by atoms with Crippen LogP contribution in [0.5, 0.6) is 0 Å². The highest BCUT2D eigenvalue weighted by Crippen LogP contribution is 2.28. The van der Waals surface area contributed by atoms with Crippen molar-refractivity contribution in [1.82, 2.24) is 14.1 Å². The maximum absolute atomic E-state index is 12.9. The van der Waals surface area contributed by atoms with E-state index in [1.54, 1.807) is 0 Å². The SMILES string of the molecule is Cn1c(=O)n(CC(=O)Nc2ccc(F)cc2)c(=O)c2ccc(C(F)(F)F)nc21. The van der Waals surface area contributed by atoms with Crippen LogP contribution in [0.2, 0.25) is 0 Å². The molecular weight excluding hydrogens is 384 g/mol. The normalized spacial score (nSPS) is 11.6. The molecule has 0 aliphatic rings. The van der Waals surface area contributed by atoms with Crippen molar-refractivity contribution in [2.24, 2.45) is 7.05 Å². The smallest absolute Gasteiger partial charge is 0.325 e. The second-order valence-corrected chi connectivity index (χ2v) is 5.85. The minimum Gasteiger partial charge on any atom is -0.325 e. The summed E-state index contributed by atoms with van der Waals surface area (Å²) in [7, 11) is 1.14. The second kappa shape index (κ2) is 6.91. The van der Waals surface area contributed by atoms with Gasteiger partial charge in [-0.15, -0.1) is 0 Å². The Bertz CT molecular complexity index is 1180. The molecule has 11 heteroatoms. The number of aromatic nitrogens is 3. The predicted octanol–water partition coefficient (Wildman–Crippen LogP) is 1.89. The number of nitrogens with zero attached hydrogens (tertiary/aromatic N) is 3. The monoisotopic (exact) mass is 396 g/mol. The highest BCUT2D eigenvalue weighted by molar-refractivity contribution is 5.90. The van der Waals surface area contributed by atoms with Crippen molar-refractivity contribution >= 4 is 22.6 Å². The van der Waals surface area contributed by atoms with Crippen molar-refractivity contribution in [3.05, 3.63) is 68.7 Å². The first kappa shape index (κ1) is 19.3. The summed E-state index contributed by atoms with van der Waals surface area (Å²) in [6.07, 6.45) is -4.74. The highest BCUT2D eigenvalue weighted by Gasteiger charge is 2.33.